The highest BCUT2D eigenvalue weighted by Gasteiger charge is 2.16. The third-order valence-corrected chi connectivity index (χ3v) is 2.90. The van der Waals surface area contributed by atoms with Gasteiger partial charge in [0.15, 0.2) is 0 Å². The Morgan fingerprint density at radius 2 is 2.40 bits per heavy atom. The Bertz CT molecular complexity index is 475. The summed E-state index contributed by atoms with van der Waals surface area (Å²) in [5.74, 6) is 0. The number of aromatic nitrogens is 1. The number of hydrogen-bond acceptors (Lipinski definition) is 2. The van der Waals surface area contributed by atoms with Gasteiger partial charge in [-0.15, -0.1) is 0 Å². The van der Waals surface area contributed by atoms with E-state index >= 15 is 0 Å². The Morgan fingerprint density at radius 3 is 2.93 bits per heavy atom. The molecule has 1 aromatic rings. The summed E-state index contributed by atoms with van der Waals surface area (Å²) in [5.41, 5.74) is 0.932. The zero-order chi connectivity index (χ0) is 10.8. The maximum absolute atomic E-state index is 11.7. The lowest BCUT2D eigenvalue weighted by Crippen LogP contribution is -2.41. The van der Waals surface area contributed by atoms with Crippen molar-refractivity contribution < 1.29 is 0 Å². The monoisotopic (exact) mass is 204 g/mol. The first-order valence-electron chi connectivity index (χ1n) is 5.34. The fourth-order valence-corrected chi connectivity index (χ4v) is 2.10. The van der Waals surface area contributed by atoms with Crippen LogP contribution in [0.2, 0.25) is 0 Å². The van der Waals surface area contributed by atoms with Gasteiger partial charge in [-0.25, -0.2) is 0 Å². The van der Waals surface area contributed by atoms with Crippen molar-refractivity contribution in [2.75, 3.05) is 6.54 Å². The Labute approximate surface area is 88.5 Å². The standard InChI is InChI=1S/C12H16N2O/c1-3-9-8(2)7-11(14-12(9)15)10-5-4-6-13-10/h3,7,10,13H,2,4-6H2,1H3,(H,14,15). The van der Waals surface area contributed by atoms with Crippen molar-refractivity contribution in [1.82, 2.24) is 10.3 Å². The highest BCUT2D eigenvalue weighted by atomic mass is 16.1. The Morgan fingerprint density at radius 1 is 1.60 bits per heavy atom. The summed E-state index contributed by atoms with van der Waals surface area (Å²) < 4.78 is 0. The predicted molar refractivity (Wildman–Crippen MR) is 62.0 cm³/mol. The molecular weight excluding hydrogens is 188 g/mol. The maximum Gasteiger partial charge on any atom is 0.255 e. The zero-order valence-corrected chi connectivity index (χ0v) is 8.97. The molecule has 1 fully saturated rings. The number of hydrogen-bond donors (Lipinski definition) is 2. The van der Waals surface area contributed by atoms with E-state index in [0.29, 0.717) is 11.3 Å². The van der Waals surface area contributed by atoms with Crippen molar-refractivity contribution in [3.8, 4) is 0 Å². The topological polar surface area (TPSA) is 44.9 Å². The second-order valence-electron chi connectivity index (χ2n) is 3.93. The van der Waals surface area contributed by atoms with Gasteiger partial charge in [-0.05, 0) is 37.6 Å². The van der Waals surface area contributed by atoms with Gasteiger partial charge in [-0.3, -0.25) is 4.79 Å². The molecule has 1 atom stereocenters. The molecule has 1 saturated heterocycles. The lowest BCUT2D eigenvalue weighted by molar-refractivity contribution is 0.624. The predicted octanol–water partition coefficient (Wildman–Crippen LogP) is 0.0101. The van der Waals surface area contributed by atoms with Crippen LogP contribution in [-0.2, 0) is 0 Å². The molecule has 2 heterocycles. The van der Waals surface area contributed by atoms with Crippen molar-refractivity contribution in [2.45, 2.75) is 25.8 Å². The Balaban J connectivity index is 2.53. The van der Waals surface area contributed by atoms with Crippen LogP contribution >= 0.6 is 0 Å². The third-order valence-electron chi connectivity index (χ3n) is 2.90. The molecule has 2 rings (SSSR count). The van der Waals surface area contributed by atoms with E-state index in [1.54, 1.807) is 6.08 Å². The molecular formula is C12H16N2O. The molecule has 1 aliphatic heterocycles. The van der Waals surface area contributed by atoms with E-state index in [4.69, 9.17) is 0 Å². The van der Waals surface area contributed by atoms with Gasteiger partial charge >= 0.3 is 0 Å². The minimum absolute atomic E-state index is 0.0336. The number of aromatic amines is 1. The summed E-state index contributed by atoms with van der Waals surface area (Å²) in [6.45, 7) is 6.79. The summed E-state index contributed by atoms with van der Waals surface area (Å²) in [5, 5.41) is 4.84. The van der Waals surface area contributed by atoms with E-state index in [2.05, 4.69) is 16.9 Å². The van der Waals surface area contributed by atoms with Gasteiger partial charge < -0.3 is 10.3 Å². The summed E-state index contributed by atoms with van der Waals surface area (Å²) in [6, 6.07) is 2.27. The first-order chi connectivity index (χ1) is 7.22. The van der Waals surface area contributed by atoms with Crippen LogP contribution in [0.3, 0.4) is 0 Å². The molecule has 1 aromatic heterocycles. The Kier molecular flexibility index (Phi) is 2.73. The molecule has 0 amide bonds. The van der Waals surface area contributed by atoms with E-state index in [-0.39, 0.29) is 5.56 Å². The van der Waals surface area contributed by atoms with E-state index < -0.39 is 0 Å². The number of nitrogens with one attached hydrogen (secondary N) is 2. The molecule has 1 unspecified atom stereocenters. The van der Waals surface area contributed by atoms with Gasteiger partial charge in [0.2, 0.25) is 0 Å². The molecule has 0 aromatic carbocycles. The second-order valence-corrected chi connectivity index (χ2v) is 3.93. The maximum atomic E-state index is 11.7. The molecule has 15 heavy (non-hydrogen) atoms. The minimum atomic E-state index is -0.0336. The molecule has 0 radical (unpaired) electrons. The molecule has 3 nitrogen and oxygen atoms in total. The van der Waals surface area contributed by atoms with Crippen molar-refractivity contribution in [2.24, 2.45) is 0 Å². The van der Waals surface area contributed by atoms with Gasteiger partial charge in [0.1, 0.15) is 0 Å². The number of pyridine rings is 1. The van der Waals surface area contributed by atoms with Gasteiger partial charge in [-0.1, -0.05) is 12.7 Å². The lowest BCUT2D eigenvalue weighted by atomic mass is 10.1. The van der Waals surface area contributed by atoms with E-state index in [1.807, 2.05) is 13.0 Å². The lowest BCUT2D eigenvalue weighted by Gasteiger charge is -2.09. The molecule has 2 N–H and O–H groups in total. The first-order valence-corrected chi connectivity index (χ1v) is 5.34. The van der Waals surface area contributed by atoms with Gasteiger partial charge in [0.25, 0.3) is 5.56 Å². The van der Waals surface area contributed by atoms with E-state index in [9.17, 15) is 4.79 Å². The molecule has 80 valence electrons. The second kappa shape index (κ2) is 4.03. The van der Waals surface area contributed by atoms with Crippen LogP contribution in [0.25, 0.3) is 12.7 Å². The SMILES string of the molecule is C=c1cc(C2CCCN2)[nH]c(=O)c1=CC. The van der Waals surface area contributed by atoms with Crippen molar-refractivity contribution in [3.63, 3.8) is 0 Å². The highest BCUT2D eigenvalue weighted by Crippen LogP contribution is 2.18. The van der Waals surface area contributed by atoms with Crippen LogP contribution in [0, 0.1) is 0 Å². The average Bonchev–Trinajstić information content (AvgIpc) is 2.69. The fraction of sp³-hybridized carbons (Fsp3) is 0.417. The Hall–Kier alpha value is -1.35. The van der Waals surface area contributed by atoms with Crippen LogP contribution < -0.4 is 21.3 Å². The largest absolute Gasteiger partial charge is 0.324 e. The van der Waals surface area contributed by atoms with Gasteiger partial charge in [0, 0.05) is 17.0 Å². The molecule has 0 aliphatic carbocycles. The number of H-pyrrole nitrogens is 1. The van der Waals surface area contributed by atoms with Crippen molar-refractivity contribution >= 4 is 12.7 Å². The number of rotatable bonds is 1. The zero-order valence-electron chi connectivity index (χ0n) is 8.97. The van der Waals surface area contributed by atoms with E-state index in [1.165, 1.54) is 6.42 Å². The van der Waals surface area contributed by atoms with Crippen LogP contribution in [0.4, 0.5) is 0 Å². The van der Waals surface area contributed by atoms with Crippen LogP contribution in [0.5, 0.6) is 0 Å². The fourth-order valence-electron chi connectivity index (χ4n) is 2.10. The van der Waals surface area contributed by atoms with E-state index in [0.717, 1.165) is 23.9 Å². The quantitative estimate of drug-likeness (QED) is 0.677. The summed E-state index contributed by atoms with van der Waals surface area (Å²) in [4.78, 5) is 14.6. The first kappa shape index (κ1) is 10.2. The molecule has 3 heteroatoms. The molecule has 0 saturated carbocycles. The summed E-state index contributed by atoms with van der Waals surface area (Å²) >= 11 is 0. The van der Waals surface area contributed by atoms with Crippen molar-refractivity contribution in [3.05, 3.63) is 32.6 Å². The van der Waals surface area contributed by atoms with Crippen LogP contribution in [-0.4, -0.2) is 11.5 Å². The van der Waals surface area contributed by atoms with Gasteiger partial charge in [0.05, 0.1) is 0 Å². The third kappa shape index (κ3) is 1.88. The average molecular weight is 204 g/mol. The molecule has 1 aliphatic rings. The van der Waals surface area contributed by atoms with Crippen molar-refractivity contribution in [1.29, 1.82) is 0 Å². The smallest absolute Gasteiger partial charge is 0.255 e. The summed E-state index contributed by atoms with van der Waals surface area (Å²) in [7, 11) is 0. The van der Waals surface area contributed by atoms with Gasteiger partial charge in [-0.2, -0.15) is 0 Å². The normalized spacial score (nSPS) is 22.2. The minimum Gasteiger partial charge on any atom is -0.324 e. The van der Waals surface area contributed by atoms with Crippen LogP contribution in [0.15, 0.2) is 10.9 Å². The van der Waals surface area contributed by atoms with Crippen LogP contribution in [0.1, 0.15) is 31.5 Å². The summed E-state index contributed by atoms with van der Waals surface area (Å²) in [6.07, 6.45) is 4.05. The molecule has 0 bridgehead atoms. The highest BCUT2D eigenvalue weighted by molar-refractivity contribution is 5.24. The molecule has 0 spiro atoms.